The zero-order chi connectivity index (χ0) is 101. The van der Waals surface area contributed by atoms with Crippen molar-refractivity contribution in [1.82, 2.24) is 0 Å². The molecule has 0 bridgehead atoms. The zero-order valence-electron chi connectivity index (χ0n) is 89.1. The van der Waals surface area contributed by atoms with Gasteiger partial charge in [0.2, 0.25) is 0 Å². The second-order valence-electron chi connectivity index (χ2n) is 41.6. The standard InChI is InChI=1S/C30H46O2Si.C29H44O3Si.C24H32O2.C16H36O2Si.C13H10O2.C10H22O2.5CH4/c1-26(27-18-14-13-15-19-27)28-20-22-29(23-21-28)31-24-16-11-9-7-8-10-12-17-25-32-33(5,6)30(2,3)4;1-29(2,3)33(4,5)32-24-16-11-9-7-6-8-10-15-23-31-27-21-19-26(20-22-27)28(30)25-17-13-12-14-18-25;1-21(22-13-9-8-10-14-22)23-15-17-24(18-16-23)26-20-12-7-5-3-2-4-6-11-19-25;1-16(2,3)19(4,5)18-15-13-11-9-7-6-8-10-12-14-17;14-12-8-6-11(7-9-12)13(15)10-4-2-1-3-5-10;11-9-7-5-3-1-2-4-6-8-10-12;;;;;/h13-15,18-23H,1,7-12,16-17,24-25H2,2-6H3;12-14,17-22H,6-11,15-16,23-24H2,1-5H3;8-10,13-18,25H,1-7,11-12,19-20H2;17H,6-15H2,1-5H3;1-9,14H;11-12H,1-10H2;5*1H4. The van der Waals surface area contributed by atoms with E-state index in [-0.39, 0.29) is 54.4 Å². The smallest absolute Gasteiger partial charge is 0.193 e. The largest absolute Gasteiger partial charge is 0.508 e. The summed E-state index contributed by atoms with van der Waals surface area (Å²) in [5.41, 5.74) is 9.31. The number of aliphatic hydroxyl groups is 4. The summed E-state index contributed by atoms with van der Waals surface area (Å²) in [5.74, 6) is 2.89. The molecule has 0 spiro atoms. The monoisotopic (exact) mass is 2030 g/mol. The highest BCUT2D eigenvalue weighted by atomic mass is 28.4. The molecule has 143 heavy (non-hydrogen) atoms. The number of carbonyl (C=O) groups is 2. The number of aliphatic hydroxyl groups excluding tert-OH is 4. The summed E-state index contributed by atoms with van der Waals surface area (Å²) >= 11 is 0. The van der Waals surface area contributed by atoms with Gasteiger partial charge in [0.05, 0.1) is 19.8 Å². The van der Waals surface area contributed by atoms with Crippen LogP contribution in [-0.2, 0) is 13.3 Å². The van der Waals surface area contributed by atoms with Crippen molar-refractivity contribution in [3.05, 3.63) is 276 Å². The number of ether oxygens (including phenoxy) is 3. The van der Waals surface area contributed by atoms with Crippen LogP contribution in [0.1, 0.15) is 410 Å². The zero-order valence-corrected chi connectivity index (χ0v) is 92.1. The molecule has 5 N–H and O–H groups in total. The van der Waals surface area contributed by atoms with Crippen LogP contribution in [0.4, 0.5) is 0 Å². The molecule has 0 fully saturated rings. The minimum atomic E-state index is -1.57. The summed E-state index contributed by atoms with van der Waals surface area (Å²) < 4.78 is 36.3. The molecule has 8 aromatic rings. The van der Waals surface area contributed by atoms with E-state index in [1.165, 1.54) is 205 Å². The van der Waals surface area contributed by atoms with Crippen LogP contribution >= 0.6 is 0 Å². The van der Waals surface area contributed by atoms with Gasteiger partial charge in [-0.25, -0.2) is 0 Å². The van der Waals surface area contributed by atoms with E-state index in [4.69, 9.17) is 53.0 Å². The number of benzene rings is 8. The number of carbonyl (C=O) groups excluding carboxylic acids is 2. The predicted molar refractivity (Wildman–Crippen MR) is 629 cm³/mol. The first-order chi connectivity index (χ1) is 66.2. The van der Waals surface area contributed by atoms with Crippen LogP contribution in [0.25, 0.3) is 11.1 Å². The third-order valence-corrected chi connectivity index (χ3v) is 40.4. The Hall–Kier alpha value is -7.85. The summed E-state index contributed by atoms with van der Waals surface area (Å²) in [7, 11) is -4.65. The van der Waals surface area contributed by atoms with E-state index in [0.29, 0.717) is 63.8 Å². The molecule has 8 aromatic carbocycles. The van der Waals surface area contributed by atoms with Crippen LogP contribution in [0.3, 0.4) is 0 Å². The highest BCUT2D eigenvalue weighted by Crippen LogP contribution is 2.39. The van der Waals surface area contributed by atoms with E-state index in [1.807, 2.05) is 121 Å². The first kappa shape index (κ1) is 139. The summed E-state index contributed by atoms with van der Waals surface area (Å²) in [4.78, 5) is 24.3. The number of unbranched alkanes of at least 4 members (excludes halogenated alkanes) is 35. The SMILES string of the molecule is C.C.C.C.C.C=C(c1ccccc1)c1ccc(OCCCCCCCCCCO)cc1.C=C(c1ccccc1)c1ccc(OCCCCCCCCCCO[Si](C)(C)C(C)(C)C)cc1.CC(C)(C)[Si](C)(C)OCCCCCCCCCCO.CC(C)(C)[Si](C)(C)OCCCCCCCCCCOc1ccc(C(=O)c2ccccc2)cc1.O=C(c1ccccc1)c1ccc(O)cc1.OCCCCCCCCCCO. The molecule has 0 unspecified atom stereocenters. The molecule has 0 aromatic heterocycles. The van der Waals surface area contributed by atoms with Crippen LogP contribution in [-0.4, -0.2) is 128 Å². The fourth-order valence-electron chi connectivity index (χ4n) is 14.5. The van der Waals surface area contributed by atoms with Gasteiger partial charge in [0.25, 0.3) is 0 Å². The minimum absolute atomic E-state index is 0. The molecule has 13 nitrogen and oxygen atoms in total. The fourth-order valence-corrected chi connectivity index (χ4v) is 17.8. The van der Waals surface area contributed by atoms with Crippen molar-refractivity contribution in [2.24, 2.45) is 0 Å². The molecule has 0 aliphatic heterocycles. The van der Waals surface area contributed by atoms with Gasteiger partial charge < -0.3 is 53.0 Å². The van der Waals surface area contributed by atoms with Crippen molar-refractivity contribution in [3.8, 4) is 23.0 Å². The van der Waals surface area contributed by atoms with Gasteiger partial charge in [0, 0.05) is 68.5 Å². The quantitative estimate of drug-likeness (QED) is 0.0138. The Bertz CT molecular complexity index is 4140. The van der Waals surface area contributed by atoms with Crippen LogP contribution in [0.15, 0.2) is 232 Å². The molecule has 0 aliphatic rings. The summed E-state index contributed by atoms with van der Waals surface area (Å²) in [6.45, 7) is 49.6. The number of ketones is 2. The van der Waals surface area contributed by atoms with Crippen molar-refractivity contribution in [3.63, 3.8) is 0 Å². The lowest BCUT2D eigenvalue weighted by molar-refractivity contribution is 0.103. The Morgan fingerprint density at radius 1 is 0.224 bits per heavy atom. The minimum Gasteiger partial charge on any atom is -0.508 e. The second-order valence-corrected chi connectivity index (χ2v) is 56.0. The number of phenolic OH excluding ortho intramolecular Hbond substituents is 1. The number of aromatic hydroxyl groups is 1. The molecule has 8 rings (SSSR count). The van der Waals surface area contributed by atoms with E-state index < -0.39 is 25.0 Å². The molecule has 0 saturated carbocycles. The van der Waals surface area contributed by atoms with Gasteiger partial charge in [-0.1, -0.05) is 451 Å². The fraction of sp³-hybridized carbons (Fsp3) is 0.575. The summed E-state index contributed by atoms with van der Waals surface area (Å²) in [5, 5.41) is 44.5. The van der Waals surface area contributed by atoms with Crippen LogP contribution in [0.2, 0.25) is 54.4 Å². The molecule has 0 amide bonds. The van der Waals surface area contributed by atoms with Crippen molar-refractivity contribution >= 4 is 47.7 Å². The highest BCUT2D eigenvalue weighted by molar-refractivity contribution is 6.75. The molecule has 0 radical (unpaired) electrons. The number of hydrogen-bond donors (Lipinski definition) is 5. The topological polar surface area (TPSA) is 191 Å². The van der Waals surface area contributed by atoms with Crippen molar-refractivity contribution in [1.29, 1.82) is 0 Å². The van der Waals surface area contributed by atoms with Crippen LogP contribution in [0.5, 0.6) is 23.0 Å². The lowest BCUT2D eigenvalue weighted by atomic mass is 10.00. The lowest BCUT2D eigenvalue weighted by Gasteiger charge is -2.36. The predicted octanol–water partition coefficient (Wildman–Crippen LogP) is 37.0. The molecule has 808 valence electrons. The van der Waals surface area contributed by atoms with Gasteiger partial charge in [-0.15, -0.1) is 0 Å². The molecule has 0 atom stereocenters. The summed E-state index contributed by atoms with van der Waals surface area (Å²) in [6.07, 6.45) is 48.9. The molecule has 0 saturated heterocycles. The molecule has 0 aliphatic carbocycles. The van der Waals surface area contributed by atoms with Crippen molar-refractivity contribution in [2.75, 3.05) is 66.1 Å². The van der Waals surface area contributed by atoms with Crippen LogP contribution in [0, 0.1) is 0 Å². The van der Waals surface area contributed by atoms with Crippen LogP contribution < -0.4 is 14.2 Å². The highest BCUT2D eigenvalue weighted by Gasteiger charge is 2.39. The average Bonchev–Trinajstić information content (AvgIpc) is 0.876. The second kappa shape index (κ2) is 84.1. The van der Waals surface area contributed by atoms with E-state index in [2.05, 4.69) is 175 Å². The molecule has 16 heteroatoms. The van der Waals surface area contributed by atoms with Gasteiger partial charge in [-0.05, 0) is 225 Å². The van der Waals surface area contributed by atoms with Gasteiger partial charge in [0.15, 0.2) is 36.5 Å². The van der Waals surface area contributed by atoms with Gasteiger partial charge in [-0.3, -0.25) is 9.59 Å². The normalized spacial score (nSPS) is 11.1. The maximum Gasteiger partial charge on any atom is 0.193 e. The Labute approximate surface area is 880 Å². The van der Waals surface area contributed by atoms with E-state index in [1.54, 1.807) is 24.3 Å². The molecular weight excluding hydrogens is 1820 g/mol. The Morgan fingerprint density at radius 2 is 0.378 bits per heavy atom. The first-order valence-electron chi connectivity index (χ1n) is 53.2. The summed E-state index contributed by atoms with van der Waals surface area (Å²) in [6, 6.07) is 69.3. The molecule has 0 heterocycles. The number of hydrogen-bond acceptors (Lipinski definition) is 13. The number of phenols is 1. The van der Waals surface area contributed by atoms with E-state index in [9.17, 15) is 9.59 Å². The maximum absolute atomic E-state index is 12.4. The van der Waals surface area contributed by atoms with Gasteiger partial charge >= 0.3 is 0 Å². The third-order valence-electron chi connectivity index (χ3n) is 26.8. The Kier molecular flexibility index (Phi) is 81.9. The van der Waals surface area contributed by atoms with E-state index in [0.717, 1.165) is 154 Å². The van der Waals surface area contributed by atoms with Gasteiger partial charge in [0.1, 0.15) is 23.0 Å². The maximum atomic E-state index is 12.4. The lowest BCUT2D eigenvalue weighted by Crippen LogP contribution is -2.40. The Morgan fingerprint density at radius 3 is 0.573 bits per heavy atom. The first-order valence-corrected chi connectivity index (χ1v) is 62.0. The average molecular weight is 2030 g/mol. The Balaban J connectivity index is -0.00000168. The van der Waals surface area contributed by atoms with Gasteiger partial charge in [-0.2, -0.15) is 0 Å². The number of rotatable bonds is 65. The third kappa shape index (κ3) is 65.5. The van der Waals surface area contributed by atoms with Crippen molar-refractivity contribution < 1.29 is 62.6 Å². The molecular formula is C127H210O13Si3. The van der Waals surface area contributed by atoms with E-state index >= 15 is 0 Å². The van der Waals surface area contributed by atoms with Crippen molar-refractivity contribution in [2.45, 2.75) is 411 Å².